The number of aliphatic hydroxyl groups is 1. The second-order valence-electron chi connectivity index (χ2n) is 9.42. The smallest absolute Gasteiger partial charge is 0.410 e. The highest BCUT2D eigenvalue weighted by atomic mass is 16.6. The number of nitrogens with zero attached hydrogens (tertiary/aromatic N) is 1. The van der Waals surface area contributed by atoms with Gasteiger partial charge in [-0.25, -0.2) is 4.79 Å². The summed E-state index contributed by atoms with van der Waals surface area (Å²) in [6.07, 6.45) is 1.47. The lowest BCUT2D eigenvalue weighted by Gasteiger charge is -2.43. The third kappa shape index (κ3) is 3.78. The Morgan fingerprint density at radius 3 is 2.21 bits per heavy atom. The highest BCUT2D eigenvalue weighted by Crippen LogP contribution is 2.44. The first-order valence-corrected chi connectivity index (χ1v) is 10.6. The molecule has 1 N–H and O–H groups in total. The lowest BCUT2D eigenvalue weighted by molar-refractivity contribution is 0.0196. The molecule has 154 valence electrons. The predicted molar refractivity (Wildman–Crippen MR) is 115 cm³/mol. The standard InChI is InChI=1S/C25H31NO3/c1-25(2,3)17-12-13-26(18(14-17)15-27)24(28)29-16-23-21-10-6-4-8-19(21)20-9-5-7-11-22(20)23/h4-11,17-18,23,27H,12-16H2,1-3H3/t17-,18+/m1/s1. The fourth-order valence-electron chi connectivity index (χ4n) is 4.93. The molecule has 4 nitrogen and oxygen atoms in total. The Kier molecular flexibility index (Phi) is 5.39. The second-order valence-corrected chi connectivity index (χ2v) is 9.42. The van der Waals surface area contributed by atoms with Crippen LogP contribution >= 0.6 is 0 Å². The van der Waals surface area contributed by atoms with Crippen LogP contribution in [0.5, 0.6) is 0 Å². The topological polar surface area (TPSA) is 49.8 Å². The number of fused-ring (bicyclic) bond motifs is 3. The van der Waals surface area contributed by atoms with E-state index in [1.54, 1.807) is 4.90 Å². The van der Waals surface area contributed by atoms with E-state index < -0.39 is 0 Å². The average molecular weight is 394 g/mol. The number of aliphatic hydroxyl groups excluding tert-OH is 1. The van der Waals surface area contributed by atoms with Crippen LogP contribution in [-0.4, -0.2) is 41.9 Å². The number of piperidine rings is 1. The number of hydrogen-bond donors (Lipinski definition) is 1. The van der Waals surface area contributed by atoms with E-state index in [4.69, 9.17) is 4.74 Å². The van der Waals surface area contributed by atoms with Crippen molar-refractivity contribution >= 4 is 6.09 Å². The minimum atomic E-state index is -0.307. The van der Waals surface area contributed by atoms with E-state index in [0.717, 1.165) is 12.8 Å². The van der Waals surface area contributed by atoms with Gasteiger partial charge < -0.3 is 14.7 Å². The van der Waals surface area contributed by atoms with Crippen molar-refractivity contribution in [1.82, 2.24) is 4.90 Å². The van der Waals surface area contributed by atoms with Crippen molar-refractivity contribution in [2.24, 2.45) is 11.3 Å². The van der Waals surface area contributed by atoms with Crippen molar-refractivity contribution in [2.75, 3.05) is 19.8 Å². The summed E-state index contributed by atoms with van der Waals surface area (Å²) in [6, 6.07) is 16.5. The minimum Gasteiger partial charge on any atom is -0.448 e. The van der Waals surface area contributed by atoms with Crippen LogP contribution in [0.1, 0.15) is 50.7 Å². The third-order valence-electron chi connectivity index (χ3n) is 6.72. The zero-order valence-electron chi connectivity index (χ0n) is 17.6. The monoisotopic (exact) mass is 393 g/mol. The first-order chi connectivity index (χ1) is 13.9. The molecule has 2 aromatic rings. The van der Waals surface area contributed by atoms with Gasteiger partial charge in [0.1, 0.15) is 6.61 Å². The Labute approximate surface area is 173 Å². The largest absolute Gasteiger partial charge is 0.448 e. The molecule has 0 bridgehead atoms. The molecule has 1 heterocycles. The quantitative estimate of drug-likeness (QED) is 0.793. The van der Waals surface area contributed by atoms with E-state index >= 15 is 0 Å². The van der Waals surface area contributed by atoms with Crippen LogP contribution in [0.3, 0.4) is 0 Å². The average Bonchev–Trinajstić information content (AvgIpc) is 3.04. The van der Waals surface area contributed by atoms with E-state index in [1.165, 1.54) is 22.3 Å². The second kappa shape index (κ2) is 7.83. The molecule has 2 atom stereocenters. The Morgan fingerprint density at radius 1 is 1.07 bits per heavy atom. The van der Waals surface area contributed by atoms with Gasteiger partial charge in [0.25, 0.3) is 0 Å². The SMILES string of the molecule is CC(C)(C)[C@@H]1CCN(C(=O)OCC2c3ccccc3-c3ccccc32)[C@H](CO)C1. The van der Waals surface area contributed by atoms with Crippen LogP contribution < -0.4 is 0 Å². The van der Waals surface area contributed by atoms with Gasteiger partial charge in [0.2, 0.25) is 0 Å². The number of rotatable bonds is 3. The number of carbonyl (C=O) groups excluding carboxylic acids is 1. The van der Waals surface area contributed by atoms with Gasteiger partial charge in [0.15, 0.2) is 0 Å². The van der Waals surface area contributed by atoms with E-state index in [2.05, 4.69) is 57.2 Å². The molecular formula is C25H31NO3. The van der Waals surface area contributed by atoms with E-state index in [1.807, 2.05) is 12.1 Å². The van der Waals surface area contributed by atoms with Gasteiger partial charge in [-0.3, -0.25) is 0 Å². The van der Waals surface area contributed by atoms with Gasteiger partial charge in [-0.2, -0.15) is 0 Å². The summed E-state index contributed by atoms with van der Waals surface area (Å²) in [5.74, 6) is 0.559. The Balaban J connectivity index is 1.46. The van der Waals surface area contributed by atoms with Gasteiger partial charge in [-0.15, -0.1) is 0 Å². The molecule has 2 aromatic carbocycles. The molecule has 0 spiro atoms. The molecule has 0 radical (unpaired) electrons. The Bertz CT molecular complexity index is 840. The van der Waals surface area contributed by atoms with Gasteiger partial charge in [-0.05, 0) is 46.4 Å². The summed E-state index contributed by atoms with van der Waals surface area (Å²) < 4.78 is 5.81. The molecule has 29 heavy (non-hydrogen) atoms. The first-order valence-electron chi connectivity index (χ1n) is 10.6. The van der Waals surface area contributed by atoms with Gasteiger partial charge in [-0.1, -0.05) is 69.3 Å². The van der Waals surface area contributed by atoms with Crippen molar-refractivity contribution in [2.45, 2.75) is 45.6 Å². The zero-order valence-corrected chi connectivity index (χ0v) is 17.6. The van der Waals surface area contributed by atoms with Crippen molar-refractivity contribution in [1.29, 1.82) is 0 Å². The summed E-state index contributed by atoms with van der Waals surface area (Å²) in [6.45, 7) is 7.64. The fourth-order valence-corrected chi connectivity index (χ4v) is 4.93. The maximum Gasteiger partial charge on any atom is 0.410 e. The number of carbonyl (C=O) groups is 1. The summed E-state index contributed by atoms with van der Waals surface area (Å²) >= 11 is 0. The molecule has 1 aliphatic heterocycles. The van der Waals surface area contributed by atoms with Crippen LogP contribution in [0.4, 0.5) is 4.79 Å². The van der Waals surface area contributed by atoms with Gasteiger partial charge in [0, 0.05) is 12.5 Å². The van der Waals surface area contributed by atoms with Crippen molar-refractivity contribution in [3.05, 3.63) is 59.7 Å². The lowest BCUT2D eigenvalue weighted by Crippen LogP contribution is -2.50. The number of ether oxygens (including phenoxy) is 1. The van der Waals surface area contributed by atoms with Crippen LogP contribution in [0, 0.1) is 11.3 Å². The predicted octanol–water partition coefficient (Wildman–Crippen LogP) is 5.05. The molecule has 2 aliphatic rings. The van der Waals surface area contributed by atoms with E-state index in [0.29, 0.717) is 19.1 Å². The molecule has 4 heteroatoms. The zero-order chi connectivity index (χ0) is 20.6. The summed E-state index contributed by atoms with van der Waals surface area (Å²) in [4.78, 5) is 14.6. The maximum absolute atomic E-state index is 12.9. The molecule has 0 saturated carbocycles. The first kappa shape index (κ1) is 20.0. The Morgan fingerprint density at radius 2 is 1.66 bits per heavy atom. The summed E-state index contributed by atoms with van der Waals surface area (Å²) in [7, 11) is 0. The molecule has 1 aliphatic carbocycles. The lowest BCUT2D eigenvalue weighted by atomic mass is 9.73. The van der Waals surface area contributed by atoms with Crippen LogP contribution in [-0.2, 0) is 4.74 Å². The molecular weight excluding hydrogens is 362 g/mol. The third-order valence-corrected chi connectivity index (χ3v) is 6.72. The normalized spacial score (nSPS) is 21.6. The van der Waals surface area contributed by atoms with Crippen LogP contribution in [0.15, 0.2) is 48.5 Å². The van der Waals surface area contributed by atoms with Crippen molar-refractivity contribution in [3.63, 3.8) is 0 Å². The number of likely N-dealkylation sites (tertiary alicyclic amines) is 1. The van der Waals surface area contributed by atoms with E-state index in [9.17, 15) is 9.90 Å². The highest BCUT2D eigenvalue weighted by molar-refractivity contribution is 5.79. The Hall–Kier alpha value is -2.33. The minimum absolute atomic E-state index is 0.0171. The van der Waals surface area contributed by atoms with Gasteiger partial charge >= 0.3 is 6.09 Å². The molecule has 0 aromatic heterocycles. The molecule has 1 saturated heterocycles. The molecule has 1 amide bonds. The fraction of sp³-hybridized carbons (Fsp3) is 0.480. The molecule has 0 unspecified atom stereocenters. The summed E-state index contributed by atoms with van der Waals surface area (Å²) in [5.41, 5.74) is 5.06. The summed E-state index contributed by atoms with van der Waals surface area (Å²) in [5, 5.41) is 9.88. The van der Waals surface area contributed by atoms with Crippen molar-refractivity contribution in [3.8, 4) is 11.1 Å². The van der Waals surface area contributed by atoms with Crippen molar-refractivity contribution < 1.29 is 14.6 Å². The number of amides is 1. The van der Waals surface area contributed by atoms with Gasteiger partial charge in [0.05, 0.1) is 12.6 Å². The maximum atomic E-state index is 12.9. The van der Waals surface area contributed by atoms with E-state index in [-0.39, 0.29) is 30.1 Å². The van der Waals surface area contributed by atoms with Crippen LogP contribution in [0.2, 0.25) is 0 Å². The molecule has 1 fully saturated rings. The highest BCUT2D eigenvalue weighted by Gasteiger charge is 2.37. The number of hydrogen-bond acceptors (Lipinski definition) is 3. The molecule has 4 rings (SSSR count). The number of benzene rings is 2. The van der Waals surface area contributed by atoms with Crippen LogP contribution in [0.25, 0.3) is 11.1 Å².